The van der Waals surface area contributed by atoms with Gasteiger partial charge in [-0.15, -0.1) is 0 Å². The number of benzene rings is 2. The third-order valence-electron chi connectivity index (χ3n) is 5.15. The van der Waals surface area contributed by atoms with Crippen LogP contribution >= 0.6 is 0 Å². The van der Waals surface area contributed by atoms with Crippen LogP contribution in [0.4, 0.5) is 5.69 Å². The van der Waals surface area contributed by atoms with Crippen LogP contribution in [-0.2, 0) is 4.79 Å². The Morgan fingerprint density at radius 3 is 2.53 bits per heavy atom. The minimum atomic E-state index is -1.11. The number of rotatable bonds is 5. The lowest BCUT2D eigenvalue weighted by molar-refractivity contribution is -0.110. The number of nitrogens with one attached hydrogen (secondary N) is 2. The number of hydrogen-bond acceptors (Lipinski definition) is 5. The first-order chi connectivity index (χ1) is 15.6. The molecule has 0 saturated carbocycles. The number of fused-ring (bicyclic) bond motifs is 1. The second-order valence-corrected chi connectivity index (χ2v) is 6.95. The Hall–Kier alpha value is -4.15. The highest BCUT2D eigenvalue weighted by Crippen LogP contribution is 2.37. The van der Waals surface area contributed by atoms with Crippen molar-refractivity contribution in [3.63, 3.8) is 0 Å². The lowest BCUT2D eigenvalue weighted by Gasteiger charge is -2.13. The van der Waals surface area contributed by atoms with Crippen LogP contribution in [0.3, 0.4) is 0 Å². The molecule has 1 amide bonds. The number of aliphatic hydroxyl groups excluding tert-OH is 1. The summed E-state index contributed by atoms with van der Waals surface area (Å²) in [5, 5.41) is 13.6. The topological polar surface area (TPSA) is 92.8 Å². The predicted octanol–water partition coefficient (Wildman–Crippen LogP) is 3.62. The van der Waals surface area contributed by atoms with Crippen LogP contribution in [0.15, 0.2) is 48.7 Å². The molecule has 32 heavy (non-hydrogen) atoms. The fourth-order valence-electron chi connectivity index (χ4n) is 3.65. The lowest BCUT2D eigenvalue weighted by Crippen LogP contribution is -2.03. The molecular weight excluding hydrogens is 408 g/mol. The van der Waals surface area contributed by atoms with E-state index in [1.807, 2.05) is 6.07 Å². The zero-order valence-electron chi connectivity index (χ0n) is 17.9. The first kappa shape index (κ1) is 21.1. The number of carbonyl (C=O) groups is 1. The average molecular weight is 430 g/mol. The van der Waals surface area contributed by atoms with Crippen molar-refractivity contribution in [3.8, 4) is 29.1 Å². The largest absolute Gasteiger partial charge is 0.495 e. The van der Waals surface area contributed by atoms with Gasteiger partial charge < -0.3 is 29.6 Å². The smallest absolute Gasteiger partial charge is 0.256 e. The van der Waals surface area contributed by atoms with Gasteiger partial charge in [-0.2, -0.15) is 0 Å². The molecule has 0 radical (unpaired) electrons. The van der Waals surface area contributed by atoms with Gasteiger partial charge in [-0.3, -0.25) is 4.79 Å². The number of anilines is 1. The molecule has 0 aliphatic carbocycles. The Balaban J connectivity index is 1.75. The van der Waals surface area contributed by atoms with Crippen LogP contribution in [0.5, 0.6) is 17.2 Å². The van der Waals surface area contributed by atoms with Crippen molar-refractivity contribution in [2.75, 3.05) is 26.6 Å². The van der Waals surface area contributed by atoms with Gasteiger partial charge in [0, 0.05) is 22.9 Å². The summed E-state index contributed by atoms with van der Waals surface area (Å²) in [6, 6.07) is 12.4. The molecule has 0 saturated heterocycles. The van der Waals surface area contributed by atoms with Gasteiger partial charge in [-0.1, -0.05) is 30.0 Å². The molecule has 162 valence electrons. The maximum atomic E-state index is 12.7. The van der Waals surface area contributed by atoms with Crippen LogP contribution in [0, 0.1) is 11.8 Å². The SMILES string of the molecule is COc1cc[nH]c1/C=C1\C(=O)Nc2cccc(C#CC(O)c3cccc(OC)c3OC)c21. The average Bonchev–Trinajstić information content (AvgIpc) is 3.40. The first-order valence-corrected chi connectivity index (χ1v) is 9.85. The third kappa shape index (κ3) is 3.80. The first-order valence-electron chi connectivity index (χ1n) is 9.85. The molecule has 1 unspecified atom stereocenters. The molecule has 1 aliphatic heterocycles. The summed E-state index contributed by atoms with van der Waals surface area (Å²) >= 11 is 0. The summed E-state index contributed by atoms with van der Waals surface area (Å²) in [7, 11) is 4.61. The molecule has 7 nitrogen and oxygen atoms in total. The molecule has 4 rings (SSSR count). The van der Waals surface area contributed by atoms with Crippen LogP contribution in [0.2, 0.25) is 0 Å². The van der Waals surface area contributed by atoms with E-state index in [0.29, 0.717) is 50.9 Å². The van der Waals surface area contributed by atoms with E-state index in [0.717, 1.165) is 0 Å². The fraction of sp³-hybridized carbons (Fsp3) is 0.160. The zero-order valence-corrected chi connectivity index (χ0v) is 17.9. The van der Waals surface area contributed by atoms with E-state index in [-0.39, 0.29) is 5.91 Å². The van der Waals surface area contributed by atoms with E-state index < -0.39 is 6.10 Å². The standard InChI is InChI=1S/C25H22N2O5/c1-30-21-12-13-26-19(21)14-17-23-15(6-4-8-18(23)27-25(17)29)10-11-20(28)16-7-5-9-22(31-2)24(16)32-3/h4-9,12-14,20,26,28H,1-3H3,(H,27,29)/b17-14-. The van der Waals surface area contributed by atoms with Crippen molar-refractivity contribution >= 4 is 23.2 Å². The summed E-state index contributed by atoms with van der Waals surface area (Å²) < 4.78 is 16.0. The van der Waals surface area contributed by atoms with E-state index in [4.69, 9.17) is 14.2 Å². The number of H-pyrrole nitrogens is 1. The summed E-state index contributed by atoms with van der Waals surface area (Å²) in [6.07, 6.45) is 2.35. The van der Waals surface area contributed by atoms with Gasteiger partial charge >= 0.3 is 0 Å². The van der Waals surface area contributed by atoms with Crippen LogP contribution in [0.25, 0.3) is 11.6 Å². The van der Waals surface area contributed by atoms with Crippen molar-refractivity contribution in [1.29, 1.82) is 0 Å². The van der Waals surface area contributed by atoms with Crippen molar-refractivity contribution in [2.24, 2.45) is 0 Å². The maximum Gasteiger partial charge on any atom is 0.256 e. The van der Waals surface area contributed by atoms with Crippen LogP contribution in [-0.4, -0.2) is 37.3 Å². The maximum absolute atomic E-state index is 12.7. The normalized spacial score (nSPS) is 14.2. The molecule has 3 aromatic rings. The molecule has 7 heteroatoms. The van der Waals surface area contributed by atoms with Crippen molar-refractivity contribution in [2.45, 2.75) is 6.10 Å². The van der Waals surface area contributed by atoms with Gasteiger partial charge in [0.05, 0.1) is 38.3 Å². The molecule has 1 atom stereocenters. The van der Waals surface area contributed by atoms with E-state index in [9.17, 15) is 9.90 Å². The van der Waals surface area contributed by atoms with E-state index in [1.165, 1.54) is 14.2 Å². The number of methoxy groups -OCH3 is 3. The predicted molar refractivity (Wildman–Crippen MR) is 122 cm³/mol. The molecule has 3 N–H and O–H groups in total. The molecule has 0 fully saturated rings. The summed E-state index contributed by atoms with van der Waals surface area (Å²) in [4.78, 5) is 15.7. The summed E-state index contributed by atoms with van der Waals surface area (Å²) in [5.74, 6) is 7.20. The minimum absolute atomic E-state index is 0.235. The molecule has 1 aliphatic rings. The number of para-hydroxylation sites is 1. The summed E-state index contributed by atoms with van der Waals surface area (Å²) in [5.41, 5.74) is 3.57. The molecule has 1 aromatic heterocycles. The van der Waals surface area contributed by atoms with Gasteiger partial charge in [0.2, 0.25) is 0 Å². The second-order valence-electron chi connectivity index (χ2n) is 6.95. The Morgan fingerprint density at radius 1 is 1.00 bits per heavy atom. The molecule has 2 heterocycles. The van der Waals surface area contributed by atoms with Gasteiger partial charge in [-0.25, -0.2) is 0 Å². The second kappa shape index (κ2) is 8.92. The highest BCUT2D eigenvalue weighted by atomic mass is 16.5. The lowest BCUT2D eigenvalue weighted by atomic mass is 9.99. The Labute approximate surface area is 185 Å². The zero-order chi connectivity index (χ0) is 22.7. The fourth-order valence-corrected chi connectivity index (χ4v) is 3.65. The number of amides is 1. The van der Waals surface area contributed by atoms with Crippen molar-refractivity contribution in [1.82, 2.24) is 4.98 Å². The van der Waals surface area contributed by atoms with Gasteiger partial charge in [-0.05, 0) is 30.3 Å². The third-order valence-corrected chi connectivity index (χ3v) is 5.15. The molecule has 0 bridgehead atoms. The number of aromatic amines is 1. The minimum Gasteiger partial charge on any atom is -0.495 e. The highest BCUT2D eigenvalue weighted by Gasteiger charge is 2.27. The van der Waals surface area contributed by atoms with E-state index in [2.05, 4.69) is 22.1 Å². The Bertz CT molecular complexity index is 1260. The van der Waals surface area contributed by atoms with Gasteiger partial charge in [0.25, 0.3) is 5.91 Å². The summed E-state index contributed by atoms with van der Waals surface area (Å²) in [6.45, 7) is 0. The monoisotopic (exact) mass is 430 g/mol. The number of hydrogen-bond donors (Lipinski definition) is 3. The Kier molecular flexibility index (Phi) is 5.88. The van der Waals surface area contributed by atoms with E-state index in [1.54, 1.807) is 55.8 Å². The van der Waals surface area contributed by atoms with Gasteiger partial charge in [0.1, 0.15) is 11.9 Å². The molecule has 0 spiro atoms. The van der Waals surface area contributed by atoms with E-state index >= 15 is 0 Å². The van der Waals surface area contributed by atoms with Crippen molar-refractivity contribution < 1.29 is 24.1 Å². The number of ether oxygens (including phenoxy) is 3. The highest BCUT2D eigenvalue weighted by molar-refractivity contribution is 6.35. The number of aromatic nitrogens is 1. The van der Waals surface area contributed by atoms with Crippen molar-refractivity contribution in [3.05, 3.63) is 71.0 Å². The number of aliphatic hydroxyl groups is 1. The molecular formula is C25H22N2O5. The quantitative estimate of drug-likeness (QED) is 0.425. The van der Waals surface area contributed by atoms with Crippen LogP contribution in [0.1, 0.15) is 28.5 Å². The number of carbonyl (C=O) groups excluding carboxylic acids is 1. The molecule has 2 aromatic carbocycles. The van der Waals surface area contributed by atoms with Gasteiger partial charge in [0.15, 0.2) is 11.5 Å². The van der Waals surface area contributed by atoms with Crippen LogP contribution < -0.4 is 19.5 Å². The Morgan fingerprint density at radius 2 is 1.78 bits per heavy atom.